The second-order valence-corrected chi connectivity index (χ2v) is 7.22. The van der Waals surface area contributed by atoms with Gasteiger partial charge < -0.3 is 29.7 Å². The first-order chi connectivity index (χ1) is 13.2. The van der Waals surface area contributed by atoms with Crippen LogP contribution in [-0.4, -0.2) is 64.9 Å². The largest absolute Gasteiger partial charge is 0.493 e. The predicted molar refractivity (Wildman–Crippen MR) is 107 cm³/mol. The van der Waals surface area contributed by atoms with Crippen LogP contribution in [0.15, 0.2) is 17.1 Å². The highest BCUT2D eigenvalue weighted by Gasteiger charge is 2.34. The predicted octanol–water partition coefficient (Wildman–Crippen LogP) is 1.86. The topological polar surface area (TPSA) is 67.4 Å². The van der Waals surface area contributed by atoms with Crippen molar-refractivity contribution in [3.63, 3.8) is 0 Å². The number of ether oxygens (including phenoxy) is 3. The first kappa shape index (κ1) is 19.6. The summed E-state index contributed by atoms with van der Waals surface area (Å²) in [5.41, 5.74) is 1.04. The van der Waals surface area contributed by atoms with Crippen LogP contribution in [0.4, 0.5) is 0 Å². The number of benzene rings is 1. The molecule has 1 heterocycles. The van der Waals surface area contributed by atoms with E-state index in [0.717, 1.165) is 24.1 Å². The van der Waals surface area contributed by atoms with E-state index >= 15 is 0 Å². The minimum absolute atomic E-state index is 0.604. The highest BCUT2D eigenvalue weighted by molar-refractivity contribution is 5.79. The molecule has 1 saturated carbocycles. The average Bonchev–Trinajstić information content (AvgIpc) is 3.45. The number of guanidine groups is 1. The molecule has 1 unspecified atom stereocenters. The van der Waals surface area contributed by atoms with E-state index in [1.165, 1.54) is 32.4 Å². The van der Waals surface area contributed by atoms with Gasteiger partial charge >= 0.3 is 0 Å². The Morgan fingerprint density at radius 3 is 2.33 bits per heavy atom. The van der Waals surface area contributed by atoms with Gasteiger partial charge in [-0.3, -0.25) is 4.99 Å². The minimum atomic E-state index is 0.604. The van der Waals surface area contributed by atoms with E-state index in [9.17, 15) is 0 Å². The Hall–Kier alpha value is -2.15. The molecule has 0 aromatic heterocycles. The highest BCUT2D eigenvalue weighted by Crippen LogP contribution is 2.38. The Morgan fingerprint density at radius 1 is 1.07 bits per heavy atom. The van der Waals surface area contributed by atoms with Gasteiger partial charge in [-0.2, -0.15) is 0 Å². The number of rotatable bonds is 8. The lowest BCUT2D eigenvalue weighted by Crippen LogP contribution is -2.40. The molecule has 3 rings (SSSR count). The zero-order valence-electron chi connectivity index (χ0n) is 16.9. The third-order valence-electron chi connectivity index (χ3n) is 5.35. The molecule has 2 N–H and O–H groups in total. The zero-order valence-corrected chi connectivity index (χ0v) is 16.9. The Kier molecular flexibility index (Phi) is 6.66. The number of likely N-dealkylation sites (tertiary alicyclic amines) is 1. The van der Waals surface area contributed by atoms with E-state index in [1.54, 1.807) is 28.4 Å². The molecule has 0 bridgehead atoms. The maximum absolute atomic E-state index is 5.42. The molecule has 1 saturated heterocycles. The van der Waals surface area contributed by atoms with Crippen molar-refractivity contribution in [2.24, 2.45) is 10.9 Å². The molecule has 2 aliphatic rings. The number of nitrogens with one attached hydrogen (secondary N) is 2. The second-order valence-electron chi connectivity index (χ2n) is 7.22. The van der Waals surface area contributed by atoms with Crippen LogP contribution in [0.25, 0.3) is 0 Å². The van der Waals surface area contributed by atoms with Gasteiger partial charge in [0.05, 0.1) is 21.3 Å². The first-order valence-corrected chi connectivity index (χ1v) is 9.66. The van der Waals surface area contributed by atoms with Gasteiger partial charge in [-0.1, -0.05) is 0 Å². The standard InChI is InChI=1S/C20H32N4O3/c1-21-20(22-11-14-7-8-24(13-14)16-5-6-16)23-12-15-9-17(25-2)19(27-4)18(10-15)26-3/h9-10,14,16H,5-8,11-13H2,1-4H3,(H2,21,22,23). The van der Waals surface area contributed by atoms with Crippen molar-refractivity contribution in [2.45, 2.75) is 31.8 Å². The second kappa shape index (κ2) is 9.17. The van der Waals surface area contributed by atoms with Crippen LogP contribution in [-0.2, 0) is 6.54 Å². The van der Waals surface area contributed by atoms with E-state index in [1.807, 2.05) is 12.1 Å². The van der Waals surface area contributed by atoms with Gasteiger partial charge in [0.1, 0.15) is 0 Å². The highest BCUT2D eigenvalue weighted by atomic mass is 16.5. The normalized spacial score (nSPS) is 20.4. The lowest BCUT2D eigenvalue weighted by Gasteiger charge is -2.18. The molecule has 7 nitrogen and oxygen atoms in total. The molecule has 1 aliphatic heterocycles. The van der Waals surface area contributed by atoms with Crippen molar-refractivity contribution < 1.29 is 14.2 Å². The Balaban J connectivity index is 1.51. The van der Waals surface area contributed by atoms with E-state index in [-0.39, 0.29) is 0 Å². The van der Waals surface area contributed by atoms with Crippen molar-refractivity contribution in [2.75, 3.05) is 48.0 Å². The molecule has 0 spiro atoms. The van der Waals surface area contributed by atoms with E-state index in [4.69, 9.17) is 14.2 Å². The van der Waals surface area contributed by atoms with Crippen LogP contribution in [0.5, 0.6) is 17.2 Å². The van der Waals surface area contributed by atoms with Gasteiger partial charge in [0.2, 0.25) is 5.75 Å². The van der Waals surface area contributed by atoms with Gasteiger partial charge in [0.15, 0.2) is 17.5 Å². The quantitative estimate of drug-likeness (QED) is 0.533. The molecule has 150 valence electrons. The van der Waals surface area contributed by atoms with E-state index in [2.05, 4.69) is 20.5 Å². The monoisotopic (exact) mass is 376 g/mol. The number of nitrogens with zero attached hydrogens (tertiary/aromatic N) is 2. The molecule has 1 aromatic carbocycles. The number of methoxy groups -OCH3 is 3. The van der Waals surface area contributed by atoms with Gasteiger partial charge in [-0.25, -0.2) is 0 Å². The summed E-state index contributed by atoms with van der Waals surface area (Å²) in [6, 6.07) is 4.77. The third kappa shape index (κ3) is 4.97. The maximum Gasteiger partial charge on any atom is 0.203 e. The SMILES string of the molecule is CN=C(NCc1cc(OC)c(OC)c(OC)c1)NCC1CCN(C2CC2)C1. The number of hydrogen-bond donors (Lipinski definition) is 2. The van der Waals surface area contributed by atoms with E-state index < -0.39 is 0 Å². The van der Waals surface area contributed by atoms with Crippen LogP contribution in [0.1, 0.15) is 24.8 Å². The average molecular weight is 377 g/mol. The first-order valence-electron chi connectivity index (χ1n) is 9.66. The molecule has 1 atom stereocenters. The van der Waals surface area contributed by atoms with Crippen molar-refractivity contribution in [3.8, 4) is 17.2 Å². The van der Waals surface area contributed by atoms with Crippen molar-refractivity contribution in [1.82, 2.24) is 15.5 Å². The van der Waals surface area contributed by atoms with Crippen LogP contribution >= 0.6 is 0 Å². The maximum atomic E-state index is 5.42. The Morgan fingerprint density at radius 2 is 1.78 bits per heavy atom. The fourth-order valence-corrected chi connectivity index (χ4v) is 3.69. The molecular formula is C20H32N4O3. The summed E-state index contributed by atoms with van der Waals surface area (Å²) in [6.07, 6.45) is 4.05. The van der Waals surface area contributed by atoms with Crippen molar-refractivity contribution in [1.29, 1.82) is 0 Å². The van der Waals surface area contributed by atoms with Gasteiger partial charge in [0, 0.05) is 32.7 Å². The van der Waals surface area contributed by atoms with Gasteiger partial charge in [-0.15, -0.1) is 0 Å². The number of hydrogen-bond acceptors (Lipinski definition) is 5. The van der Waals surface area contributed by atoms with Crippen molar-refractivity contribution in [3.05, 3.63) is 17.7 Å². The lowest BCUT2D eigenvalue weighted by molar-refractivity contribution is 0.314. The Labute approximate surface area is 162 Å². The van der Waals surface area contributed by atoms with Crippen LogP contribution in [0.2, 0.25) is 0 Å². The molecule has 2 fully saturated rings. The summed E-state index contributed by atoms with van der Waals surface area (Å²) >= 11 is 0. The van der Waals surface area contributed by atoms with Crippen LogP contribution in [0.3, 0.4) is 0 Å². The molecule has 0 amide bonds. The lowest BCUT2D eigenvalue weighted by atomic mass is 10.1. The van der Waals surface area contributed by atoms with Crippen LogP contribution < -0.4 is 24.8 Å². The summed E-state index contributed by atoms with van der Waals surface area (Å²) in [7, 11) is 6.66. The molecular weight excluding hydrogens is 344 g/mol. The molecule has 1 aromatic rings. The minimum Gasteiger partial charge on any atom is -0.493 e. The fraction of sp³-hybridized carbons (Fsp3) is 0.650. The summed E-state index contributed by atoms with van der Waals surface area (Å²) < 4.78 is 16.2. The molecule has 27 heavy (non-hydrogen) atoms. The van der Waals surface area contributed by atoms with Crippen LogP contribution in [0, 0.1) is 5.92 Å². The zero-order chi connectivity index (χ0) is 19.2. The van der Waals surface area contributed by atoms with Gasteiger partial charge in [-0.05, 0) is 49.4 Å². The Bertz CT molecular complexity index is 636. The molecule has 1 aliphatic carbocycles. The summed E-state index contributed by atoms with van der Waals surface area (Å²) in [5.74, 6) is 3.43. The third-order valence-corrected chi connectivity index (χ3v) is 5.35. The van der Waals surface area contributed by atoms with Gasteiger partial charge in [0.25, 0.3) is 0 Å². The summed E-state index contributed by atoms with van der Waals surface area (Å²) in [4.78, 5) is 6.98. The summed E-state index contributed by atoms with van der Waals surface area (Å²) in [6.45, 7) is 4.03. The summed E-state index contributed by atoms with van der Waals surface area (Å²) in [5, 5.41) is 6.84. The van der Waals surface area contributed by atoms with Crippen molar-refractivity contribution >= 4 is 5.96 Å². The van der Waals surface area contributed by atoms with E-state index in [0.29, 0.717) is 29.7 Å². The molecule has 7 heteroatoms. The smallest absolute Gasteiger partial charge is 0.203 e. The molecule has 0 radical (unpaired) electrons. The number of aliphatic imine (C=N–C) groups is 1. The fourth-order valence-electron chi connectivity index (χ4n) is 3.69.